The fraction of sp³-hybridized carbons (Fsp3) is 0.571. The van der Waals surface area contributed by atoms with E-state index in [1.807, 2.05) is 19.9 Å². The topological polar surface area (TPSA) is 80.6 Å². The van der Waals surface area contributed by atoms with E-state index in [0.29, 0.717) is 12.1 Å². The van der Waals surface area contributed by atoms with E-state index >= 15 is 0 Å². The summed E-state index contributed by atoms with van der Waals surface area (Å²) in [6.45, 7) is 6.43. The maximum atomic E-state index is 12.3. The summed E-state index contributed by atoms with van der Waals surface area (Å²) in [5.74, 6) is -0.454. The highest BCUT2D eigenvalue weighted by atomic mass is 16.5. The Labute approximate surface area is 117 Å². The van der Waals surface area contributed by atoms with Crippen LogP contribution in [-0.2, 0) is 11.3 Å². The van der Waals surface area contributed by atoms with Crippen LogP contribution in [0.1, 0.15) is 28.5 Å². The molecule has 0 aromatic carbocycles. The van der Waals surface area contributed by atoms with E-state index in [2.05, 4.69) is 5.32 Å². The van der Waals surface area contributed by atoms with Crippen LogP contribution in [0.25, 0.3) is 0 Å². The van der Waals surface area contributed by atoms with Gasteiger partial charge in [0.2, 0.25) is 0 Å². The van der Waals surface area contributed by atoms with Crippen LogP contribution in [0, 0.1) is 13.8 Å². The Morgan fingerprint density at radius 2 is 2.20 bits per heavy atom. The first-order valence-electron chi connectivity index (χ1n) is 6.73. The molecular weight excluding hydrogens is 260 g/mol. The number of amides is 1. The number of aromatic nitrogens is 1. The number of aliphatic hydroxyl groups excluding tert-OH is 1. The van der Waals surface area contributed by atoms with Gasteiger partial charge in [-0.05, 0) is 32.4 Å². The standard InChI is InChI=1S/C14H20N2O4/c1-4-16-9(3)5-8(2)12(14(16)19)13(18)15-10-6-20-7-11(10)17/h5,10-11,17H,4,6-7H2,1-3H3,(H,15,18)/t10-,11-/m0/s1. The third kappa shape index (κ3) is 2.62. The average molecular weight is 280 g/mol. The second kappa shape index (κ2) is 5.76. The zero-order valence-electron chi connectivity index (χ0n) is 12.0. The van der Waals surface area contributed by atoms with Crippen molar-refractivity contribution in [3.05, 3.63) is 33.2 Å². The summed E-state index contributed by atoms with van der Waals surface area (Å²) in [5.41, 5.74) is 1.31. The molecule has 0 radical (unpaired) electrons. The molecule has 2 atom stereocenters. The molecule has 6 nitrogen and oxygen atoms in total. The Hall–Kier alpha value is -1.66. The van der Waals surface area contributed by atoms with Crippen molar-refractivity contribution in [2.75, 3.05) is 13.2 Å². The van der Waals surface area contributed by atoms with Gasteiger partial charge in [-0.15, -0.1) is 0 Å². The van der Waals surface area contributed by atoms with Gasteiger partial charge in [0.1, 0.15) is 5.56 Å². The molecule has 1 amide bonds. The van der Waals surface area contributed by atoms with Crippen LogP contribution in [0.3, 0.4) is 0 Å². The van der Waals surface area contributed by atoms with Crippen LogP contribution in [0.2, 0.25) is 0 Å². The van der Waals surface area contributed by atoms with Gasteiger partial charge < -0.3 is 19.7 Å². The maximum Gasteiger partial charge on any atom is 0.263 e. The predicted molar refractivity (Wildman–Crippen MR) is 73.9 cm³/mol. The fourth-order valence-corrected chi connectivity index (χ4v) is 2.52. The van der Waals surface area contributed by atoms with Crippen molar-refractivity contribution in [3.63, 3.8) is 0 Å². The minimum Gasteiger partial charge on any atom is -0.388 e. The predicted octanol–water partition coefficient (Wildman–Crippen LogP) is -0.0255. The molecule has 2 N–H and O–H groups in total. The van der Waals surface area contributed by atoms with Crippen LogP contribution < -0.4 is 10.9 Å². The number of pyridine rings is 1. The van der Waals surface area contributed by atoms with Gasteiger partial charge >= 0.3 is 0 Å². The zero-order chi connectivity index (χ0) is 14.9. The lowest BCUT2D eigenvalue weighted by Crippen LogP contribution is -2.45. The van der Waals surface area contributed by atoms with E-state index in [4.69, 9.17) is 4.74 Å². The molecule has 6 heteroatoms. The second-order valence-corrected chi connectivity index (χ2v) is 5.08. The largest absolute Gasteiger partial charge is 0.388 e. The first-order chi connectivity index (χ1) is 9.45. The number of aliphatic hydroxyl groups is 1. The summed E-state index contributed by atoms with van der Waals surface area (Å²) in [7, 11) is 0. The number of carbonyl (C=O) groups excluding carboxylic acids is 1. The van der Waals surface area contributed by atoms with Gasteiger partial charge in [-0.25, -0.2) is 0 Å². The molecule has 2 rings (SSSR count). The molecule has 1 aromatic heterocycles. The average Bonchev–Trinajstić information content (AvgIpc) is 2.74. The van der Waals surface area contributed by atoms with Crippen molar-refractivity contribution in [1.82, 2.24) is 9.88 Å². The van der Waals surface area contributed by atoms with Crippen LogP contribution in [0.4, 0.5) is 0 Å². The minimum atomic E-state index is -0.724. The van der Waals surface area contributed by atoms with Crippen LogP contribution in [-0.4, -0.2) is 40.9 Å². The molecule has 20 heavy (non-hydrogen) atoms. The monoisotopic (exact) mass is 280 g/mol. The molecule has 1 aliphatic heterocycles. The lowest BCUT2D eigenvalue weighted by molar-refractivity contribution is 0.0883. The van der Waals surface area contributed by atoms with Crippen molar-refractivity contribution < 1.29 is 14.6 Å². The number of nitrogens with zero attached hydrogens (tertiary/aromatic N) is 1. The Morgan fingerprint density at radius 1 is 1.50 bits per heavy atom. The summed E-state index contributed by atoms with van der Waals surface area (Å²) < 4.78 is 6.64. The highest BCUT2D eigenvalue weighted by Gasteiger charge is 2.29. The van der Waals surface area contributed by atoms with E-state index in [1.165, 1.54) is 0 Å². The number of carbonyl (C=O) groups is 1. The van der Waals surface area contributed by atoms with Gasteiger partial charge in [0, 0.05) is 12.2 Å². The summed E-state index contributed by atoms with van der Waals surface area (Å²) in [6, 6.07) is 1.36. The van der Waals surface area contributed by atoms with Crippen LogP contribution in [0.15, 0.2) is 10.9 Å². The van der Waals surface area contributed by atoms with Crippen molar-refractivity contribution in [3.8, 4) is 0 Å². The summed E-state index contributed by atoms with van der Waals surface area (Å²) in [5, 5.41) is 12.3. The van der Waals surface area contributed by atoms with E-state index in [1.54, 1.807) is 11.5 Å². The van der Waals surface area contributed by atoms with Crippen molar-refractivity contribution >= 4 is 5.91 Å². The number of ether oxygens (including phenoxy) is 1. The molecule has 1 aliphatic rings. The van der Waals surface area contributed by atoms with Gasteiger partial charge in [0.05, 0.1) is 25.4 Å². The molecule has 0 bridgehead atoms. The van der Waals surface area contributed by atoms with Gasteiger partial charge in [-0.1, -0.05) is 0 Å². The molecule has 2 heterocycles. The third-order valence-corrected chi connectivity index (χ3v) is 3.61. The molecule has 0 unspecified atom stereocenters. The molecular formula is C14H20N2O4. The van der Waals surface area contributed by atoms with Crippen molar-refractivity contribution in [2.24, 2.45) is 0 Å². The molecule has 1 fully saturated rings. The van der Waals surface area contributed by atoms with Gasteiger partial charge in [-0.3, -0.25) is 9.59 Å². The van der Waals surface area contributed by atoms with E-state index < -0.39 is 18.1 Å². The summed E-state index contributed by atoms with van der Waals surface area (Å²) >= 11 is 0. The highest BCUT2D eigenvalue weighted by molar-refractivity contribution is 5.95. The molecule has 110 valence electrons. The van der Waals surface area contributed by atoms with Crippen molar-refractivity contribution in [2.45, 2.75) is 39.5 Å². The van der Waals surface area contributed by atoms with Gasteiger partial charge in [0.25, 0.3) is 11.5 Å². The lowest BCUT2D eigenvalue weighted by Gasteiger charge is -2.17. The van der Waals surface area contributed by atoms with E-state index in [0.717, 1.165) is 5.69 Å². The minimum absolute atomic E-state index is 0.136. The molecule has 1 aromatic rings. The van der Waals surface area contributed by atoms with Crippen LogP contribution >= 0.6 is 0 Å². The van der Waals surface area contributed by atoms with Crippen molar-refractivity contribution in [1.29, 1.82) is 0 Å². The van der Waals surface area contributed by atoms with Gasteiger partial charge in [0.15, 0.2) is 0 Å². The first-order valence-corrected chi connectivity index (χ1v) is 6.73. The Morgan fingerprint density at radius 3 is 2.75 bits per heavy atom. The molecule has 0 aliphatic carbocycles. The normalized spacial score (nSPS) is 22.0. The van der Waals surface area contributed by atoms with E-state index in [9.17, 15) is 14.7 Å². The van der Waals surface area contributed by atoms with E-state index in [-0.39, 0.29) is 24.3 Å². The summed E-state index contributed by atoms with van der Waals surface area (Å²) in [4.78, 5) is 24.6. The van der Waals surface area contributed by atoms with Crippen LogP contribution in [0.5, 0.6) is 0 Å². The first kappa shape index (κ1) is 14.7. The quantitative estimate of drug-likeness (QED) is 0.815. The number of nitrogens with one attached hydrogen (secondary N) is 1. The zero-order valence-corrected chi connectivity index (χ0v) is 12.0. The second-order valence-electron chi connectivity index (χ2n) is 5.08. The lowest BCUT2D eigenvalue weighted by atomic mass is 10.1. The molecule has 0 saturated carbocycles. The molecule has 0 spiro atoms. The number of hydrogen-bond acceptors (Lipinski definition) is 4. The van der Waals surface area contributed by atoms with Gasteiger partial charge in [-0.2, -0.15) is 0 Å². The Kier molecular flexibility index (Phi) is 4.25. The Bertz CT molecular complexity index is 579. The number of hydrogen-bond donors (Lipinski definition) is 2. The highest BCUT2D eigenvalue weighted by Crippen LogP contribution is 2.09. The smallest absolute Gasteiger partial charge is 0.263 e. The summed E-state index contributed by atoms with van der Waals surface area (Å²) in [6.07, 6.45) is -0.724. The third-order valence-electron chi connectivity index (χ3n) is 3.61. The Balaban J connectivity index is 2.32. The number of rotatable bonds is 3. The number of aryl methyl sites for hydroxylation is 2. The maximum absolute atomic E-state index is 12.3. The fourth-order valence-electron chi connectivity index (χ4n) is 2.52. The SMILES string of the molecule is CCn1c(C)cc(C)c(C(=O)N[C@H]2COC[C@@H]2O)c1=O. The molecule has 1 saturated heterocycles.